The van der Waals surface area contributed by atoms with Gasteiger partial charge in [-0.25, -0.2) is 4.98 Å². The summed E-state index contributed by atoms with van der Waals surface area (Å²) in [6.07, 6.45) is 3.22. The van der Waals surface area contributed by atoms with E-state index in [1.807, 2.05) is 80.6 Å². The maximum absolute atomic E-state index is 14.0. The summed E-state index contributed by atoms with van der Waals surface area (Å²) in [6.45, 7) is 7.10. The lowest BCUT2D eigenvalue weighted by Gasteiger charge is -2.31. The number of aromatic nitrogens is 2. The molecule has 204 valence electrons. The van der Waals surface area contributed by atoms with Crippen molar-refractivity contribution in [2.75, 3.05) is 26.9 Å². The van der Waals surface area contributed by atoms with Crippen molar-refractivity contribution in [3.8, 4) is 11.4 Å². The zero-order valence-electron chi connectivity index (χ0n) is 23.2. The Bertz CT molecular complexity index is 1460. The summed E-state index contributed by atoms with van der Waals surface area (Å²) in [4.78, 5) is 34.5. The van der Waals surface area contributed by atoms with Gasteiger partial charge in [-0.15, -0.1) is 0 Å². The molecule has 0 N–H and O–H groups in total. The van der Waals surface area contributed by atoms with Gasteiger partial charge < -0.3 is 14.4 Å². The summed E-state index contributed by atoms with van der Waals surface area (Å²) in [7, 11) is 1.61. The molecule has 4 aromatic rings. The number of carbonyl (C=O) groups is 1. The SMILES string of the molecule is CCCCc1ccc(C(=O)N(CCOC)C(C)c2nc3ccccc3c(=O)n2-c2ccccc2OCC)cc1. The van der Waals surface area contributed by atoms with Gasteiger partial charge in [0.05, 0.1) is 35.8 Å². The number of hydrogen-bond donors (Lipinski definition) is 0. The molecule has 1 atom stereocenters. The normalized spacial score (nSPS) is 11.9. The van der Waals surface area contributed by atoms with Crippen LogP contribution < -0.4 is 10.3 Å². The monoisotopic (exact) mass is 527 g/mol. The highest BCUT2D eigenvalue weighted by Gasteiger charge is 2.28. The standard InChI is InChI=1S/C32H37N3O4/c1-5-7-12-24-17-19-25(20-18-24)31(36)34(21-22-38-4)23(3)30-33-27-14-9-8-13-26(27)32(37)35(30)28-15-10-11-16-29(28)39-6-2/h8-11,13-20,23H,5-7,12,21-22H2,1-4H3. The molecule has 39 heavy (non-hydrogen) atoms. The van der Waals surface area contributed by atoms with E-state index < -0.39 is 6.04 Å². The molecule has 0 radical (unpaired) electrons. The predicted molar refractivity (Wildman–Crippen MR) is 155 cm³/mol. The average molecular weight is 528 g/mol. The molecule has 0 aliphatic heterocycles. The third-order valence-corrected chi connectivity index (χ3v) is 6.87. The number of fused-ring (bicyclic) bond motifs is 1. The minimum Gasteiger partial charge on any atom is -0.492 e. The van der Waals surface area contributed by atoms with E-state index in [4.69, 9.17) is 14.5 Å². The fourth-order valence-electron chi connectivity index (χ4n) is 4.74. The minimum atomic E-state index is -0.542. The molecule has 1 heterocycles. The first kappa shape index (κ1) is 28.0. The van der Waals surface area contributed by atoms with Crippen LogP contribution in [0.25, 0.3) is 16.6 Å². The molecule has 0 aliphatic carbocycles. The van der Waals surface area contributed by atoms with E-state index in [1.165, 1.54) is 5.56 Å². The van der Waals surface area contributed by atoms with Crippen molar-refractivity contribution in [1.29, 1.82) is 0 Å². The fraction of sp³-hybridized carbons (Fsp3) is 0.344. The highest BCUT2D eigenvalue weighted by Crippen LogP contribution is 2.28. The van der Waals surface area contributed by atoms with E-state index in [9.17, 15) is 9.59 Å². The Morgan fingerprint density at radius 1 is 1.00 bits per heavy atom. The number of ether oxygens (including phenoxy) is 2. The molecular formula is C32H37N3O4. The Morgan fingerprint density at radius 3 is 2.44 bits per heavy atom. The summed E-state index contributed by atoms with van der Waals surface area (Å²) >= 11 is 0. The number of rotatable bonds is 12. The van der Waals surface area contributed by atoms with Crippen molar-refractivity contribution < 1.29 is 14.3 Å². The lowest BCUT2D eigenvalue weighted by molar-refractivity contribution is 0.0605. The quantitative estimate of drug-likeness (QED) is 0.227. The topological polar surface area (TPSA) is 73.7 Å². The number of hydrogen-bond acceptors (Lipinski definition) is 5. The lowest BCUT2D eigenvalue weighted by atomic mass is 10.1. The van der Waals surface area contributed by atoms with Gasteiger partial charge in [-0.05, 0) is 68.7 Å². The van der Waals surface area contributed by atoms with Crippen LogP contribution in [0.1, 0.15) is 61.4 Å². The van der Waals surface area contributed by atoms with Crippen molar-refractivity contribution >= 4 is 16.8 Å². The Kier molecular flexibility index (Phi) is 9.49. The zero-order valence-corrected chi connectivity index (χ0v) is 23.2. The van der Waals surface area contributed by atoms with Gasteiger partial charge >= 0.3 is 0 Å². The van der Waals surface area contributed by atoms with Gasteiger partial charge in [0.15, 0.2) is 0 Å². The molecular weight excluding hydrogens is 490 g/mol. The van der Waals surface area contributed by atoms with Crippen LogP contribution in [0, 0.1) is 0 Å². The van der Waals surface area contributed by atoms with Crippen LogP contribution in [-0.2, 0) is 11.2 Å². The summed E-state index contributed by atoms with van der Waals surface area (Å²) in [6, 6.07) is 21.9. The first-order chi connectivity index (χ1) is 19.0. The highest BCUT2D eigenvalue weighted by atomic mass is 16.5. The second-order valence-electron chi connectivity index (χ2n) is 9.50. The van der Waals surface area contributed by atoms with Gasteiger partial charge in [0.25, 0.3) is 11.5 Å². The maximum Gasteiger partial charge on any atom is 0.266 e. The van der Waals surface area contributed by atoms with Crippen LogP contribution in [0.4, 0.5) is 0 Å². The van der Waals surface area contributed by atoms with E-state index in [-0.39, 0.29) is 11.5 Å². The first-order valence-electron chi connectivity index (χ1n) is 13.6. The van der Waals surface area contributed by atoms with Gasteiger partial charge in [0.2, 0.25) is 0 Å². The molecule has 0 aliphatic rings. The second kappa shape index (κ2) is 13.2. The van der Waals surface area contributed by atoms with Gasteiger partial charge in [0.1, 0.15) is 11.6 Å². The lowest BCUT2D eigenvalue weighted by Crippen LogP contribution is -2.39. The Balaban J connectivity index is 1.84. The molecule has 4 rings (SSSR count). The highest BCUT2D eigenvalue weighted by molar-refractivity contribution is 5.94. The summed E-state index contributed by atoms with van der Waals surface area (Å²) < 4.78 is 12.8. The van der Waals surface area contributed by atoms with Crippen LogP contribution >= 0.6 is 0 Å². The number of nitrogens with zero attached hydrogens (tertiary/aromatic N) is 3. The zero-order chi connectivity index (χ0) is 27.8. The summed E-state index contributed by atoms with van der Waals surface area (Å²) in [5, 5.41) is 0.497. The fourth-order valence-corrected chi connectivity index (χ4v) is 4.74. The van der Waals surface area contributed by atoms with Gasteiger partial charge in [-0.2, -0.15) is 0 Å². The smallest absolute Gasteiger partial charge is 0.266 e. The molecule has 1 amide bonds. The Labute approximate surface area is 230 Å². The molecule has 0 spiro atoms. The first-order valence-corrected chi connectivity index (χ1v) is 13.6. The maximum atomic E-state index is 14.0. The van der Waals surface area contributed by atoms with E-state index in [0.717, 1.165) is 19.3 Å². The molecule has 0 saturated carbocycles. The van der Waals surface area contributed by atoms with E-state index in [0.29, 0.717) is 53.5 Å². The van der Waals surface area contributed by atoms with Gasteiger partial charge in [-0.1, -0.05) is 49.7 Å². The molecule has 7 heteroatoms. The molecule has 3 aromatic carbocycles. The Hall–Kier alpha value is -3.97. The predicted octanol–water partition coefficient (Wildman–Crippen LogP) is 5.98. The third kappa shape index (κ3) is 6.20. The van der Waals surface area contributed by atoms with Crippen molar-refractivity contribution in [3.63, 3.8) is 0 Å². The van der Waals surface area contributed by atoms with Crippen LogP contribution in [-0.4, -0.2) is 47.2 Å². The van der Waals surface area contributed by atoms with Crippen LogP contribution in [0.15, 0.2) is 77.6 Å². The third-order valence-electron chi connectivity index (χ3n) is 6.87. The van der Waals surface area contributed by atoms with Gasteiger partial charge in [0, 0.05) is 19.2 Å². The molecule has 0 bridgehead atoms. The van der Waals surface area contributed by atoms with Crippen molar-refractivity contribution in [2.45, 2.75) is 46.1 Å². The summed E-state index contributed by atoms with van der Waals surface area (Å²) in [5.41, 5.74) is 2.75. The molecule has 0 fully saturated rings. The number of amides is 1. The minimum absolute atomic E-state index is 0.145. The molecule has 0 saturated heterocycles. The number of carbonyl (C=O) groups excluding carboxylic acids is 1. The number of para-hydroxylation sites is 3. The van der Waals surface area contributed by atoms with Crippen molar-refractivity contribution in [1.82, 2.24) is 14.5 Å². The van der Waals surface area contributed by atoms with Crippen LogP contribution in [0.3, 0.4) is 0 Å². The Morgan fingerprint density at radius 2 is 1.72 bits per heavy atom. The number of unbranched alkanes of at least 4 members (excludes halogenated alkanes) is 1. The van der Waals surface area contributed by atoms with Crippen LogP contribution in [0.5, 0.6) is 5.75 Å². The number of benzene rings is 3. The number of methoxy groups -OCH3 is 1. The molecule has 7 nitrogen and oxygen atoms in total. The van der Waals surface area contributed by atoms with Crippen LogP contribution in [0.2, 0.25) is 0 Å². The molecule has 1 unspecified atom stereocenters. The molecule has 1 aromatic heterocycles. The van der Waals surface area contributed by atoms with E-state index in [1.54, 1.807) is 22.6 Å². The number of aryl methyl sites for hydroxylation is 1. The van der Waals surface area contributed by atoms with E-state index >= 15 is 0 Å². The largest absolute Gasteiger partial charge is 0.492 e. The van der Waals surface area contributed by atoms with Gasteiger partial charge in [-0.3, -0.25) is 14.2 Å². The van der Waals surface area contributed by atoms with E-state index in [2.05, 4.69) is 6.92 Å². The van der Waals surface area contributed by atoms with Crippen molar-refractivity contribution in [2.24, 2.45) is 0 Å². The second-order valence-corrected chi connectivity index (χ2v) is 9.50. The van der Waals surface area contributed by atoms with Crippen molar-refractivity contribution in [3.05, 3.63) is 100 Å². The average Bonchev–Trinajstić information content (AvgIpc) is 2.97. The summed E-state index contributed by atoms with van der Waals surface area (Å²) in [5.74, 6) is 0.883.